The second kappa shape index (κ2) is 26.7. The molecule has 3 aliphatic heterocycles. The van der Waals surface area contributed by atoms with E-state index in [1.54, 1.807) is 37.7 Å². The number of hydrogen-bond acceptors (Lipinski definition) is 9. The molecular formula is C43H60F5N7O8. The van der Waals surface area contributed by atoms with Gasteiger partial charge in [-0.1, -0.05) is 0 Å². The lowest BCUT2D eigenvalue weighted by Crippen LogP contribution is -2.57. The summed E-state index contributed by atoms with van der Waals surface area (Å²) in [5, 5.41) is 10.3. The molecule has 2 aromatic carbocycles. The summed E-state index contributed by atoms with van der Waals surface area (Å²) < 4.78 is 65.9. The number of halogens is 5. The van der Waals surface area contributed by atoms with Crippen LogP contribution in [0, 0.1) is 18.6 Å². The SMILES string of the molecule is CC(C)NC(=O)C1CCCCN1C(=O)C1CCCN1C(=O)CC(C)OC(=O)C1CCCN1C=O.CNCC(=O)NC.Cc1cc(F)cc(F)c1.O=CNc1ccc(C(F)(F)F)cc1. The van der Waals surface area contributed by atoms with Gasteiger partial charge in [-0.3, -0.25) is 28.8 Å². The molecule has 3 fully saturated rings. The summed E-state index contributed by atoms with van der Waals surface area (Å²) in [6.45, 7) is 8.98. The van der Waals surface area contributed by atoms with Crippen molar-refractivity contribution in [3.8, 4) is 0 Å². The monoisotopic (exact) mass is 897 g/mol. The fourth-order valence-corrected chi connectivity index (χ4v) is 6.98. The average Bonchev–Trinajstić information content (AvgIpc) is 3.92. The van der Waals surface area contributed by atoms with Gasteiger partial charge in [0.05, 0.1) is 18.5 Å². The lowest BCUT2D eigenvalue weighted by Gasteiger charge is -2.38. The first-order valence-electron chi connectivity index (χ1n) is 20.7. The molecule has 0 bridgehead atoms. The number of likely N-dealkylation sites (N-methyl/N-ethyl adjacent to an activating group) is 2. The first kappa shape index (κ1) is 53.5. The molecule has 4 N–H and O–H groups in total. The van der Waals surface area contributed by atoms with Crippen LogP contribution in [0.15, 0.2) is 42.5 Å². The van der Waals surface area contributed by atoms with Crippen molar-refractivity contribution in [3.05, 3.63) is 65.2 Å². The molecule has 3 saturated heterocycles. The number of aryl methyl sites for hydroxylation is 1. The van der Waals surface area contributed by atoms with Crippen LogP contribution in [0.1, 0.15) is 83.3 Å². The smallest absolute Gasteiger partial charge is 0.416 e. The van der Waals surface area contributed by atoms with Gasteiger partial charge in [0.25, 0.3) is 0 Å². The molecule has 350 valence electrons. The first-order chi connectivity index (χ1) is 29.7. The second-order valence-electron chi connectivity index (χ2n) is 15.4. The number of esters is 1. The summed E-state index contributed by atoms with van der Waals surface area (Å²) in [6, 6.07) is 5.91. The molecule has 3 heterocycles. The van der Waals surface area contributed by atoms with Crippen molar-refractivity contribution in [2.45, 2.75) is 116 Å². The van der Waals surface area contributed by atoms with Crippen molar-refractivity contribution in [3.63, 3.8) is 0 Å². The number of hydrogen-bond donors (Lipinski definition) is 4. The minimum Gasteiger partial charge on any atom is -0.461 e. The molecule has 20 heteroatoms. The number of likely N-dealkylation sites (tertiary alicyclic amines) is 3. The van der Waals surface area contributed by atoms with Crippen LogP contribution in [0.5, 0.6) is 0 Å². The molecule has 3 aliphatic rings. The number of piperidine rings is 1. The van der Waals surface area contributed by atoms with Crippen LogP contribution >= 0.6 is 0 Å². The Morgan fingerprint density at radius 2 is 1.40 bits per heavy atom. The largest absolute Gasteiger partial charge is 0.461 e. The number of carbonyl (C=O) groups excluding carboxylic acids is 7. The van der Waals surface area contributed by atoms with Crippen LogP contribution in [-0.4, -0.2) is 128 Å². The van der Waals surface area contributed by atoms with Crippen molar-refractivity contribution in [1.82, 2.24) is 30.7 Å². The van der Waals surface area contributed by atoms with Gasteiger partial charge in [-0.05, 0) is 122 Å². The lowest BCUT2D eigenvalue weighted by molar-refractivity contribution is -0.158. The van der Waals surface area contributed by atoms with E-state index in [4.69, 9.17) is 4.74 Å². The normalized spacial score (nSPS) is 18.5. The minimum absolute atomic E-state index is 0.0111. The number of ether oxygens (including phenoxy) is 1. The third kappa shape index (κ3) is 18.3. The third-order valence-corrected chi connectivity index (χ3v) is 9.92. The average molecular weight is 898 g/mol. The molecule has 0 aliphatic carbocycles. The minimum atomic E-state index is -4.33. The zero-order valence-electron chi connectivity index (χ0n) is 36.6. The molecule has 63 heavy (non-hydrogen) atoms. The molecule has 0 saturated carbocycles. The van der Waals surface area contributed by atoms with E-state index in [-0.39, 0.29) is 36.1 Å². The van der Waals surface area contributed by atoms with E-state index < -0.39 is 53.6 Å². The van der Waals surface area contributed by atoms with Crippen molar-refractivity contribution in [1.29, 1.82) is 0 Å². The van der Waals surface area contributed by atoms with Crippen molar-refractivity contribution in [2.24, 2.45) is 0 Å². The van der Waals surface area contributed by atoms with Gasteiger partial charge in [-0.15, -0.1) is 0 Å². The summed E-state index contributed by atoms with van der Waals surface area (Å²) in [4.78, 5) is 87.6. The highest BCUT2D eigenvalue weighted by Crippen LogP contribution is 2.30. The second-order valence-corrected chi connectivity index (χ2v) is 15.4. The summed E-state index contributed by atoms with van der Waals surface area (Å²) in [5.41, 5.74) is 0.208. The molecule has 4 unspecified atom stereocenters. The van der Waals surface area contributed by atoms with E-state index in [1.165, 1.54) is 29.2 Å². The Morgan fingerprint density at radius 3 is 1.92 bits per heavy atom. The molecule has 0 aromatic heterocycles. The third-order valence-electron chi connectivity index (χ3n) is 9.92. The van der Waals surface area contributed by atoms with Gasteiger partial charge >= 0.3 is 12.1 Å². The number of nitrogens with zero attached hydrogens (tertiary/aromatic N) is 3. The number of anilines is 1. The summed E-state index contributed by atoms with van der Waals surface area (Å²) in [7, 11) is 3.34. The maximum absolute atomic E-state index is 13.5. The zero-order valence-corrected chi connectivity index (χ0v) is 36.6. The zero-order chi connectivity index (χ0) is 47.3. The molecule has 2 aromatic rings. The lowest BCUT2D eigenvalue weighted by atomic mass is 9.99. The number of nitrogens with one attached hydrogen (secondary N) is 4. The summed E-state index contributed by atoms with van der Waals surface area (Å²) in [5.74, 6) is -2.08. The summed E-state index contributed by atoms with van der Waals surface area (Å²) in [6.07, 6.45) is 0.962. The number of carbonyl (C=O) groups is 7. The van der Waals surface area contributed by atoms with E-state index in [0.29, 0.717) is 75.9 Å². The fourth-order valence-electron chi connectivity index (χ4n) is 6.98. The van der Waals surface area contributed by atoms with Crippen LogP contribution in [0.3, 0.4) is 0 Å². The van der Waals surface area contributed by atoms with Gasteiger partial charge in [0.15, 0.2) is 0 Å². The molecule has 5 rings (SSSR count). The van der Waals surface area contributed by atoms with Gasteiger partial charge in [0, 0.05) is 44.5 Å². The van der Waals surface area contributed by atoms with E-state index in [9.17, 15) is 55.5 Å². The van der Waals surface area contributed by atoms with Crippen LogP contribution < -0.4 is 21.3 Å². The van der Waals surface area contributed by atoms with Gasteiger partial charge in [0.2, 0.25) is 36.4 Å². The number of rotatable bonds is 12. The fraction of sp³-hybridized carbons (Fsp3) is 0.558. The van der Waals surface area contributed by atoms with E-state index in [2.05, 4.69) is 21.3 Å². The highest BCUT2D eigenvalue weighted by Gasteiger charge is 2.42. The standard InChI is InChI=1S/C24H38N4O6.C8H6F3NO.C7H6F2.C4H10N2O/c1-16(2)25-22(31)18-8-4-5-12-28(18)23(32)19-9-7-13-27(19)21(30)14-17(3)34-24(33)20-10-6-11-26(20)15-29;9-8(10,11)6-1-3-7(4-2-6)12-5-13;1-5-2-6(8)4-7(9)3-5;1-5-3-4(7)6-2/h15-20H,4-14H2,1-3H3,(H,25,31);1-5H,(H,12,13);2-4H,1H3;5H,3H2,1-2H3,(H,6,7). The van der Waals surface area contributed by atoms with Crippen molar-refractivity contribution in [2.75, 3.05) is 45.6 Å². The predicted octanol–water partition coefficient (Wildman–Crippen LogP) is 4.32. The van der Waals surface area contributed by atoms with E-state index >= 15 is 0 Å². The van der Waals surface area contributed by atoms with Crippen molar-refractivity contribution < 1.29 is 60.3 Å². The maximum Gasteiger partial charge on any atom is 0.416 e. The van der Waals surface area contributed by atoms with Crippen molar-refractivity contribution >= 4 is 48.1 Å². The Bertz CT molecular complexity index is 1770. The Kier molecular flexibility index (Phi) is 22.7. The predicted molar refractivity (Wildman–Crippen MR) is 224 cm³/mol. The van der Waals surface area contributed by atoms with Gasteiger partial charge in [0.1, 0.15) is 35.9 Å². The summed E-state index contributed by atoms with van der Waals surface area (Å²) >= 11 is 0. The van der Waals surface area contributed by atoms with Gasteiger partial charge in [-0.25, -0.2) is 13.6 Å². The molecule has 0 spiro atoms. The first-order valence-corrected chi connectivity index (χ1v) is 20.7. The Labute approximate surface area is 364 Å². The van der Waals surface area contributed by atoms with Crippen LogP contribution in [0.2, 0.25) is 0 Å². The van der Waals surface area contributed by atoms with Gasteiger partial charge in [-0.2, -0.15) is 13.2 Å². The number of amides is 6. The molecule has 4 atom stereocenters. The van der Waals surface area contributed by atoms with Gasteiger partial charge < -0.3 is 40.7 Å². The number of alkyl halides is 3. The molecule has 0 radical (unpaired) electrons. The van der Waals surface area contributed by atoms with Crippen LogP contribution in [0.4, 0.5) is 27.6 Å². The Morgan fingerprint density at radius 1 is 0.810 bits per heavy atom. The highest BCUT2D eigenvalue weighted by molar-refractivity contribution is 5.93. The molecular weight excluding hydrogens is 838 g/mol. The molecule has 6 amide bonds. The maximum atomic E-state index is 13.5. The topological polar surface area (TPSA) is 187 Å². The molecule has 15 nitrogen and oxygen atoms in total. The van der Waals surface area contributed by atoms with Crippen LogP contribution in [0.25, 0.3) is 0 Å². The Balaban J connectivity index is 0.000000379. The van der Waals surface area contributed by atoms with E-state index in [1.807, 2.05) is 13.8 Å². The van der Waals surface area contributed by atoms with Crippen LogP contribution in [-0.2, 0) is 44.5 Å². The Hall–Kier alpha value is -5.66. The quantitative estimate of drug-likeness (QED) is 0.137. The highest BCUT2D eigenvalue weighted by atomic mass is 19.4. The number of benzene rings is 2. The van der Waals surface area contributed by atoms with E-state index in [0.717, 1.165) is 37.5 Å².